The highest BCUT2D eigenvalue weighted by Crippen LogP contribution is 2.13. The minimum absolute atomic E-state index is 0.0223. The zero-order valence-corrected chi connectivity index (χ0v) is 14.0. The molecule has 1 amide bonds. The van der Waals surface area contributed by atoms with Crippen LogP contribution in [0, 0.1) is 0 Å². The minimum atomic E-state index is -0.0223. The molecule has 2 aromatic carbocycles. The lowest BCUT2D eigenvalue weighted by Gasteiger charge is -2.17. The van der Waals surface area contributed by atoms with Crippen LogP contribution in [0.3, 0.4) is 0 Å². The molecule has 0 bridgehead atoms. The van der Waals surface area contributed by atoms with Crippen LogP contribution in [0.2, 0.25) is 5.02 Å². The fourth-order valence-corrected chi connectivity index (χ4v) is 2.52. The molecule has 122 valence electrons. The Morgan fingerprint density at radius 3 is 2.71 bits per heavy atom. The normalized spacial score (nSPS) is 10.6. The van der Waals surface area contributed by atoms with Crippen LogP contribution in [-0.4, -0.2) is 39.2 Å². The van der Waals surface area contributed by atoms with Crippen molar-refractivity contribution in [3.05, 3.63) is 77.3 Å². The summed E-state index contributed by atoms with van der Waals surface area (Å²) < 4.78 is 1.63. The Balaban J connectivity index is 1.67. The van der Waals surface area contributed by atoms with Gasteiger partial charge in [0.1, 0.15) is 12.7 Å². The van der Waals surface area contributed by atoms with Crippen molar-refractivity contribution in [1.82, 2.24) is 19.7 Å². The fraction of sp³-hybridized carbons (Fsp3) is 0.167. The number of hydrogen-bond donors (Lipinski definition) is 0. The predicted molar refractivity (Wildman–Crippen MR) is 93.5 cm³/mol. The maximum absolute atomic E-state index is 12.6. The maximum atomic E-state index is 12.6. The Bertz CT molecular complexity index is 815. The largest absolute Gasteiger partial charge is 0.341 e. The summed E-state index contributed by atoms with van der Waals surface area (Å²) in [5, 5.41) is 4.80. The number of carbonyl (C=O) groups excluding carboxylic acids is 1. The minimum Gasteiger partial charge on any atom is -0.341 e. The van der Waals surface area contributed by atoms with Gasteiger partial charge in [0, 0.05) is 24.2 Å². The Morgan fingerprint density at radius 2 is 2.00 bits per heavy atom. The van der Waals surface area contributed by atoms with Crippen molar-refractivity contribution < 1.29 is 4.79 Å². The van der Waals surface area contributed by atoms with E-state index in [0.29, 0.717) is 17.1 Å². The van der Waals surface area contributed by atoms with Crippen molar-refractivity contribution in [2.75, 3.05) is 13.6 Å². The summed E-state index contributed by atoms with van der Waals surface area (Å²) in [6.45, 7) is 0.633. The number of halogens is 1. The first-order chi connectivity index (χ1) is 11.6. The van der Waals surface area contributed by atoms with Crippen LogP contribution < -0.4 is 0 Å². The number of amides is 1. The van der Waals surface area contributed by atoms with Crippen LogP contribution >= 0.6 is 11.6 Å². The van der Waals surface area contributed by atoms with E-state index in [1.807, 2.05) is 48.5 Å². The van der Waals surface area contributed by atoms with E-state index in [2.05, 4.69) is 10.1 Å². The molecule has 0 saturated carbocycles. The third-order valence-electron chi connectivity index (χ3n) is 3.77. The molecule has 3 aromatic rings. The lowest BCUT2D eigenvalue weighted by atomic mass is 10.1. The molecule has 0 N–H and O–H groups in total. The molecule has 1 aromatic heterocycles. The number of benzene rings is 2. The summed E-state index contributed by atoms with van der Waals surface area (Å²) in [4.78, 5) is 18.2. The first kappa shape index (κ1) is 16.2. The Labute approximate surface area is 145 Å². The molecule has 0 unspecified atom stereocenters. The second-order valence-electron chi connectivity index (χ2n) is 5.49. The van der Waals surface area contributed by atoms with Gasteiger partial charge in [-0.1, -0.05) is 29.8 Å². The quantitative estimate of drug-likeness (QED) is 0.716. The van der Waals surface area contributed by atoms with Crippen molar-refractivity contribution in [3.63, 3.8) is 0 Å². The van der Waals surface area contributed by atoms with Crippen LogP contribution in [0.4, 0.5) is 0 Å². The predicted octanol–water partition coefficient (Wildman–Crippen LogP) is 3.24. The van der Waals surface area contributed by atoms with Crippen molar-refractivity contribution in [2.45, 2.75) is 6.42 Å². The van der Waals surface area contributed by atoms with E-state index in [1.165, 1.54) is 6.33 Å². The monoisotopic (exact) mass is 340 g/mol. The van der Waals surface area contributed by atoms with Crippen LogP contribution in [0.15, 0.2) is 61.2 Å². The van der Waals surface area contributed by atoms with Gasteiger partial charge in [0.15, 0.2) is 0 Å². The number of nitrogens with zero attached hydrogens (tertiary/aromatic N) is 4. The lowest BCUT2D eigenvalue weighted by Crippen LogP contribution is -2.28. The molecule has 0 aliphatic carbocycles. The van der Waals surface area contributed by atoms with Gasteiger partial charge in [0.2, 0.25) is 0 Å². The molecular formula is C18H17ClN4O. The average molecular weight is 341 g/mol. The molecule has 0 fully saturated rings. The Hall–Kier alpha value is -2.66. The summed E-state index contributed by atoms with van der Waals surface area (Å²) in [6.07, 6.45) is 3.85. The smallest absolute Gasteiger partial charge is 0.253 e. The fourth-order valence-electron chi connectivity index (χ4n) is 2.39. The summed E-state index contributed by atoms with van der Waals surface area (Å²) in [5.41, 5.74) is 2.58. The lowest BCUT2D eigenvalue weighted by molar-refractivity contribution is 0.0796. The van der Waals surface area contributed by atoms with Gasteiger partial charge in [0.05, 0.1) is 5.69 Å². The standard InChI is InChI=1S/C18H17ClN4O/c1-22(10-9-14-5-7-16(19)8-6-14)18(24)15-3-2-4-17(11-15)23-13-20-12-21-23/h2-8,11-13H,9-10H2,1H3. The van der Waals surface area contributed by atoms with E-state index in [1.54, 1.807) is 23.0 Å². The van der Waals surface area contributed by atoms with Crippen molar-refractivity contribution >= 4 is 17.5 Å². The molecule has 0 spiro atoms. The van der Waals surface area contributed by atoms with Gasteiger partial charge in [-0.05, 0) is 42.3 Å². The average Bonchev–Trinajstić information content (AvgIpc) is 3.15. The van der Waals surface area contributed by atoms with Gasteiger partial charge in [0.25, 0.3) is 5.91 Å². The zero-order valence-electron chi connectivity index (χ0n) is 13.3. The molecule has 6 heteroatoms. The topological polar surface area (TPSA) is 51.0 Å². The number of carbonyl (C=O) groups is 1. The molecular weight excluding hydrogens is 324 g/mol. The van der Waals surface area contributed by atoms with Crippen LogP contribution in [0.25, 0.3) is 5.69 Å². The van der Waals surface area contributed by atoms with E-state index in [0.717, 1.165) is 17.7 Å². The molecule has 1 heterocycles. The highest BCUT2D eigenvalue weighted by atomic mass is 35.5. The van der Waals surface area contributed by atoms with E-state index in [9.17, 15) is 4.79 Å². The van der Waals surface area contributed by atoms with Gasteiger partial charge in [-0.3, -0.25) is 4.79 Å². The van der Waals surface area contributed by atoms with Crippen LogP contribution in [0.5, 0.6) is 0 Å². The summed E-state index contributed by atoms with van der Waals surface area (Å²) >= 11 is 5.89. The molecule has 0 saturated heterocycles. The first-order valence-corrected chi connectivity index (χ1v) is 7.96. The summed E-state index contributed by atoms with van der Waals surface area (Å²) in [7, 11) is 1.81. The second kappa shape index (κ2) is 7.27. The Kier molecular flexibility index (Phi) is 4.91. The number of rotatable bonds is 5. The number of hydrogen-bond acceptors (Lipinski definition) is 3. The van der Waals surface area contributed by atoms with Gasteiger partial charge in [-0.15, -0.1) is 0 Å². The number of likely N-dealkylation sites (N-methyl/N-ethyl adjacent to an activating group) is 1. The molecule has 0 radical (unpaired) electrons. The third-order valence-corrected chi connectivity index (χ3v) is 4.02. The van der Waals surface area contributed by atoms with E-state index < -0.39 is 0 Å². The summed E-state index contributed by atoms with van der Waals surface area (Å²) in [5.74, 6) is -0.0223. The SMILES string of the molecule is CN(CCc1ccc(Cl)cc1)C(=O)c1cccc(-n2cncn2)c1. The summed E-state index contributed by atoms with van der Waals surface area (Å²) in [6, 6.07) is 15.0. The second-order valence-corrected chi connectivity index (χ2v) is 5.93. The highest BCUT2D eigenvalue weighted by molar-refractivity contribution is 6.30. The zero-order chi connectivity index (χ0) is 16.9. The van der Waals surface area contributed by atoms with Gasteiger partial charge >= 0.3 is 0 Å². The molecule has 3 rings (SSSR count). The van der Waals surface area contributed by atoms with Crippen molar-refractivity contribution in [2.24, 2.45) is 0 Å². The highest BCUT2D eigenvalue weighted by Gasteiger charge is 2.12. The Morgan fingerprint density at radius 1 is 1.21 bits per heavy atom. The first-order valence-electron chi connectivity index (χ1n) is 7.58. The van der Waals surface area contributed by atoms with Gasteiger partial charge in [-0.2, -0.15) is 5.10 Å². The molecule has 0 aliphatic heterocycles. The van der Waals surface area contributed by atoms with Gasteiger partial charge in [-0.25, -0.2) is 9.67 Å². The van der Waals surface area contributed by atoms with Crippen LogP contribution in [-0.2, 0) is 6.42 Å². The van der Waals surface area contributed by atoms with Crippen molar-refractivity contribution in [3.8, 4) is 5.69 Å². The third kappa shape index (κ3) is 3.81. The maximum Gasteiger partial charge on any atom is 0.253 e. The van der Waals surface area contributed by atoms with Gasteiger partial charge < -0.3 is 4.90 Å². The molecule has 0 atom stereocenters. The molecule has 0 aliphatic rings. The van der Waals surface area contributed by atoms with E-state index in [-0.39, 0.29) is 5.91 Å². The molecule has 24 heavy (non-hydrogen) atoms. The van der Waals surface area contributed by atoms with E-state index >= 15 is 0 Å². The number of aromatic nitrogens is 3. The van der Waals surface area contributed by atoms with Crippen LogP contribution in [0.1, 0.15) is 15.9 Å². The van der Waals surface area contributed by atoms with E-state index in [4.69, 9.17) is 11.6 Å². The van der Waals surface area contributed by atoms with Crippen molar-refractivity contribution in [1.29, 1.82) is 0 Å². The molecule has 5 nitrogen and oxygen atoms in total.